The first-order valence-electron chi connectivity index (χ1n) is 5.64. The van der Waals surface area contributed by atoms with Crippen LogP contribution in [0.3, 0.4) is 0 Å². The summed E-state index contributed by atoms with van der Waals surface area (Å²) in [6.45, 7) is 3.84. The second-order valence-electron chi connectivity index (χ2n) is 3.67. The minimum absolute atomic E-state index is 0.00118. The molecule has 17 heavy (non-hydrogen) atoms. The van der Waals surface area contributed by atoms with Gasteiger partial charge in [-0.05, 0) is 19.9 Å². The Morgan fingerprint density at radius 2 is 1.82 bits per heavy atom. The zero-order valence-electron chi connectivity index (χ0n) is 9.97. The van der Waals surface area contributed by atoms with Crippen LogP contribution in [0.1, 0.15) is 20.3 Å². The lowest BCUT2D eigenvalue weighted by Crippen LogP contribution is -2.35. The predicted molar refractivity (Wildman–Crippen MR) is 59.0 cm³/mol. The van der Waals surface area contributed by atoms with Gasteiger partial charge in [0.2, 0.25) is 0 Å². The number of carbonyl (C=O) groups is 3. The summed E-state index contributed by atoms with van der Waals surface area (Å²) in [6, 6.07) is 0. The smallest absolute Gasteiger partial charge is 0.313 e. The summed E-state index contributed by atoms with van der Waals surface area (Å²) >= 11 is 0. The highest BCUT2D eigenvalue weighted by Gasteiger charge is 2.37. The Morgan fingerprint density at radius 1 is 1.24 bits per heavy atom. The molecule has 0 radical (unpaired) electrons. The van der Waals surface area contributed by atoms with Crippen LogP contribution < -0.4 is 0 Å². The van der Waals surface area contributed by atoms with Crippen molar-refractivity contribution in [2.24, 2.45) is 11.8 Å². The predicted octanol–water partition coefficient (Wildman–Crippen LogP) is 0.874. The van der Waals surface area contributed by atoms with Gasteiger partial charge >= 0.3 is 11.9 Å². The molecular formula is C12H16O5. The fourth-order valence-electron chi connectivity index (χ4n) is 1.72. The highest BCUT2D eigenvalue weighted by molar-refractivity contribution is 5.97. The summed E-state index contributed by atoms with van der Waals surface area (Å²) in [7, 11) is 0. The van der Waals surface area contributed by atoms with E-state index in [0.29, 0.717) is 0 Å². The molecule has 2 atom stereocenters. The van der Waals surface area contributed by atoms with E-state index in [4.69, 9.17) is 9.47 Å². The van der Waals surface area contributed by atoms with Crippen molar-refractivity contribution in [1.82, 2.24) is 0 Å². The number of carbonyl (C=O) groups excluding carboxylic acids is 3. The van der Waals surface area contributed by atoms with Gasteiger partial charge in [-0.1, -0.05) is 6.08 Å². The van der Waals surface area contributed by atoms with E-state index in [0.717, 1.165) is 0 Å². The number of hydrogen-bond donors (Lipinski definition) is 0. The molecule has 94 valence electrons. The van der Waals surface area contributed by atoms with Gasteiger partial charge < -0.3 is 9.47 Å². The number of rotatable bonds is 4. The van der Waals surface area contributed by atoms with Crippen LogP contribution in [0.4, 0.5) is 0 Å². The second kappa shape index (κ2) is 6.18. The van der Waals surface area contributed by atoms with Gasteiger partial charge in [-0.2, -0.15) is 0 Å². The molecule has 1 rings (SSSR count). The molecule has 0 saturated carbocycles. The minimum atomic E-state index is -0.758. The van der Waals surface area contributed by atoms with Crippen molar-refractivity contribution < 1.29 is 23.9 Å². The van der Waals surface area contributed by atoms with Crippen LogP contribution in [0.2, 0.25) is 0 Å². The standard InChI is InChI=1S/C12H16O5/c1-3-16-11(14)9-6-5-8(13)7-10(9)12(15)17-4-2/h5-6,9-10H,3-4,7H2,1-2H3. The van der Waals surface area contributed by atoms with E-state index in [2.05, 4.69) is 0 Å². The van der Waals surface area contributed by atoms with Gasteiger partial charge in [0.25, 0.3) is 0 Å². The first-order valence-corrected chi connectivity index (χ1v) is 5.64. The largest absolute Gasteiger partial charge is 0.466 e. The van der Waals surface area contributed by atoms with Gasteiger partial charge in [0.15, 0.2) is 5.78 Å². The summed E-state index contributed by atoms with van der Waals surface area (Å²) in [5.41, 5.74) is 0. The highest BCUT2D eigenvalue weighted by Crippen LogP contribution is 2.25. The summed E-state index contributed by atoms with van der Waals surface area (Å²) < 4.78 is 9.72. The van der Waals surface area contributed by atoms with Gasteiger partial charge in [0, 0.05) is 6.42 Å². The van der Waals surface area contributed by atoms with Crippen molar-refractivity contribution >= 4 is 17.7 Å². The Kier molecular flexibility index (Phi) is 4.87. The molecule has 0 aromatic rings. The Hall–Kier alpha value is -1.65. The third kappa shape index (κ3) is 3.41. The van der Waals surface area contributed by atoms with Crippen LogP contribution in [0.5, 0.6) is 0 Å². The molecule has 0 saturated heterocycles. The third-order valence-electron chi connectivity index (χ3n) is 2.49. The van der Waals surface area contributed by atoms with Crippen LogP contribution in [0, 0.1) is 11.8 Å². The topological polar surface area (TPSA) is 69.7 Å². The molecular weight excluding hydrogens is 224 g/mol. The molecule has 5 nitrogen and oxygen atoms in total. The van der Waals surface area contributed by atoms with Crippen LogP contribution >= 0.6 is 0 Å². The monoisotopic (exact) mass is 240 g/mol. The molecule has 5 heteroatoms. The molecule has 0 aromatic heterocycles. The SMILES string of the molecule is CCOC(=O)C1C=CC(=O)CC1C(=O)OCC. The molecule has 2 unspecified atom stereocenters. The van der Waals surface area contributed by atoms with E-state index in [1.54, 1.807) is 13.8 Å². The zero-order chi connectivity index (χ0) is 12.8. The van der Waals surface area contributed by atoms with Gasteiger partial charge in [-0.3, -0.25) is 14.4 Å². The lowest BCUT2D eigenvalue weighted by molar-refractivity contribution is -0.159. The van der Waals surface area contributed by atoms with Crippen LogP contribution in [-0.2, 0) is 23.9 Å². The molecule has 0 bridgehead atoms. The number of allylic oxidation sites excluding steroid dienone is 1. The lowest BCUT2D eigenvalue weighted by atomic mass is 9.83. The first kappa shape index (κ1) is 13.4. The molecule has 0 spiro atoms. The summed E-state index contributed by atoms with van der Waals surface area (Å²) in [6.07, 6.45) is 2.74. The third-order valence-corrected chi connectivity index (χ3v) is 2.49. The molecule has 0 heterocycles. The number of esters is 2. The van der Waals surface area contributed by atoms with Crippen LogP contribution in [0.25, 0.3) is 0 Å². The van der Waals surface area contributed by atoms with Crippen molar-refractivity contribution in [2.75, 3.05) is 13.2 Å². The van der Waals surface area contributed by atoms with Crippen molar-refractivity contribution in [2.45, 2.75) is 20.3 Å². The maximum absolute atomic E-state index is 11.6. The molecule has 0 N–H and O–H groups in total. The highest BCUT2D eigenvalue weighted by atomic mass is 16.5. The molecule has 0 amide bonds. The van der Waals surface area contributed by atoms with Crippen LogP contribution in [0.15, 0.2) is 12.2 Å². The van der Waals surface area contributed by atoms with E-state index in [1.165, 1.54) is 12.2 Å². The van der Waals surface area contributed by atoms with Gasteiger partial charge in [0.1, 0.15) is 0 Å². The summed E-state index contributed by atoms with van der Waals surface area (Å²) in [4.78, 5) is 34.5. The Morgan fingerprint density at radius 3 is 2.41 bits per heavy atom. The minimum Gasteiger partial charge on any atom is -0.466 e. The zero-order valence-corrected chi connectivity index (χ0v) is 9.97. The Balaban J connectivity index is 2.82. The van der Waals surface area contributed by atoms with Crippen molar-refractivity contribution in [3.63, 3.8) is 0 Å². The average molecular weight is 240 g/mol. The van der Waals surface area contributed by atoms with Crippen LogP contribution in [-0.4, -0.2) is 30.9 Å². The molecule has 0 aliphatic heterocycles. The van der Waals surface area contributed by atoms with E-state index in [1.807, 2.05) is 0 Å². The van der Waals surface area contributed by atoms with E-state index in [9.17, 15) is 14.4 Å². The normalized spacial score (nSPS) is 23.3. The van der Waals surface area contributed by atoms with E-state index < -0.39 is 23.8 Å². The second-order valence-corrected chi connectivity index (χ2v) is 3.67. The maximum Gasteiger partial charge on any atom is 0.313 e. The van der Waals surface area contributed by atoms with Gasteiger partial charge in [-0.25, -0.2) is 0 Å². The Bertz CT molecular complexity index is 345. The molecule has 0 fully saturated rings. The summed E-state index contributed by atoms with van der Waals surface area (Å²) in [5.74, 6) is -2.67. The van der Waals surface area contributed by atoms with E-state index >= 15 is 0 Å². The van der Waals surface area contributed by atoms with Gasteiger partial charge in [-0.15, -0.1) is 0 Å². The molecule has 0 aromatic carbocycles. The Labute approximate surface area is 99.8 Å². The molecule has 1 aliphatic rings. The van der Waals surface area contributed by atoms with Crippen molar-refractivity contribution in [3.05, 3.63) is 12.2 Å². The maximum atomic E-state index is 11.6. The number of ketones is 1. The van der Waals surface area contributed by atoms with Crippen molar-refractivity contribution in [3.8, 4) is 0 Å². The fourth-order valence-corrected chi connectivity index (χ4v) is 1.72. The first-order chi connectivity index (χ1) is 8.10. The molecule has 1 aliphatic carbocycles. The van der Waals surface area contributed by atoms with E-state index in [-0.39, 0.29) is 25.4 Å². The van der Waals surface area contributed by atoms with Gasteiger partial charge in [0.05, 0.1) is 25.0 Å². The quantitative estimate of drug-likeness (QED) is 0.682. The fraction of sp³-hybridized carbons (Fsp3) is 0.583. The number of hydrogen-bond acceptors (Lipinski definition) is 5. The lowest BCUT2D eigenvalue weighted by Gasteiger charge is -2.23. The summed E-state index contributed by atoms with van der Waals surface area (Å²) in [5, 5.41) is 0. The number of ether oxygens (including phenoxy) is 2. The average Bonchev–Trinajstić information content (AvgIpc) is 2.29. The van der Waals surface area contributed by atoms with Crippen molar-refractivity contribution in [1.29, 1.82) is 0 Å².